The highest BCUT2D eigenvalue weighted by molar-refractivity contribution is 5.92. The number of nitrogens with two attached hydrogens (primary N) is 1. The summed E-state index contributed by atoms with van der Waals surface area (Å²) < 4.78 is 11.0. The number of amides is 2. The zero-order valence-electron chi connectivity index (χ0n) is 26.3. The second kappa shape index (κ2) is 16.2. The van der Waals surface area contributed by atoms with E-state index in [1.54, 1.807) is 24.0 Å². The molecule has 2 unspecified atom stereocenters. The molecule has 0 bridgehead atoms. The SMILES string of the molecule is COC(=O)C1(c2ccccc2)CCN(CCCN(C=O)C2=C(COCCN)N=C(C)C(NC=O)C2c2ccc([N+](=O)[O-])cc2)CC1. The van der Waals surface area contributed by atoms with Gasteiger partial charge in [0, 0.05) is 30.9 Å². The van der Waals surface area contributed by atoms with Crippen LogP contribution in [0.3, 0.4) is 0 Å². The zero-order valence-corrected chi connectivity index (χ0v) is 26.3. The summed E-state index contributed by atoms with van der Waals surface area (Å²) in [4.78, 5) is 56.8. The lowest BCUT2D eigenvalue weighted by Crippen LogP contribution is -2.48. The smallest absolute Gasteiger partial charge is 0.316 e. The van der Waals surface area contributed by atoms with Crippen molar-refractivity contribution < 1.29 is 28.8 Å². The van der Waals surface area contributed by atoms with Gasteiger partial charge in [-0.1, -0.05) is 42.5 Å². The third-order valence-corrected chi connectivity index (χ3v) is 8.82. The molecule has 46 heavy (non-hydrogen) atoms. The van der Waals surface area contributed by atoms with Gasteiger partial charge in [-0.25, -0.2) is 0 Å². The summed E-state index contributed by atoms with van der Waals surface area (Å²) in [5.74, 6) is -0.794. The number of aliphatic imine (C=N–C) groups is 1. The van der Waals surface area contributed by atoms with Crippen molar-refractivity contribution in [2.75, 3.05) is 53.0 Å². The first-order valence-electron chi connectivity index (χ1n) is 15.4. The fourth-order valence-electron chi connectivity index (χ4n) is 6.48. The molecule has 2 heterocycles. The zero-order chi connectivity index (χ0) is 33.1. The van der Waals surface area contributed by atoms with Gasteiger partial charge in [-0.2, -0.15) is 0 Å². The Bertz CT molecular complexity index is 1420. The topological polar surface area (TPSA) is 170 Å². The molecule has 2 amide bonds. The summed E-state index contributed by atoms with van der Waals surface area (Å²) in [5, 5.41) is 14.2. The summed E-state index contributed by atoms with van der Waals surface area (Å²) in [6.45, 7) is 4.87. The first-order valence-corrected chi connectivity index (χ1v) is 15.4. The lowest BCUT2D eigenvalue weighted by Gasteiger charge is -2.40. The Labute approximate surface area is 268 Å². The molecule has 2 aliphatic rings. The first kappa shape index (κ1) is 34.4. The molecule has 0 spiro atoms. The normalized spacial score (nSPS) is 19.6. The Balaban J connectivity index is 1.56. The number of nitro groups is 1. The Hall–Kier alpha value is -4.46. The van der Waals surface area contributed by atoms with Crippen molar-refractivity contribution in [2.45, 2.75) is 43.6 Å². The van der Waals surface area contributed by atoms with Crippen LogP contribution in [0.1, 0.15) is 43.2 Å². The van der Waals surface area contributed by atoms with Crippen molar-refractivity contribution in [2.24, 2.45) is 10.7 Å². The maximum absolute atomic E-state index is 13.0. The van der Waals surface area contributed by atoms with Gasteiger partial charge >= 0.3 is 5.97 Å². The number of ether oxygens (including phenoxy) is 2. The molecule has 2 aliphatic heterocycles. The summed E-state index contributed by atoms with van der Waals surface area (Å²) >= 11 is 0. The van der Waals surface area contributed by atoms with E-state index in [0.29, 0.717) is 81.1 Å². The molecule has 13 heteroatoms. The quantitative estimate of drug-likeness (QED) is 0.0926. The molecule has 0 radical (unpaired) electrons. The molecule has 0 aromatic heterocycles. The van der Waals surface area contributed by atoms with Crippen LogP contribution < -0.4 is 11.1 Å². The van der Waals surface area contributed by atoms with Crippen LogP contribution in [0.4, 0.5) is 5.69 Å². The number of benzene rings is 2. The van der Waals surface area contributed by atoms with Crippen molar-refractivity contribution in [3.63, 3.8) is 0 Å². The minimum absolute atomic E-state index is 0.0702. The van der Waals surface area contributed by atoms with Crippen LogP contribution in [0.5, 0.6) is 0 Å². The molecule has 2 aromatic rings. The van der Waals surface area contributed by atoms with E-state index < -0.39 is 22.3 Å². The maximum Gasteiger partial charge on any atom is 0.316 e. The van der Waals surface area contributed by atoms with Gasteiger partial charge in [0.15, 0.2) is 0 Å². The number of nitro benzene ring substituents is 1. The van der Waals surface area contributed by atoms with Gasteiger partial charge in [-0.15, -0.1) is 0 Å². The van der Waals surface area contributed by atoms with Crippen molar-refractivity contribution in [3.8, 4) is 0 Å². The second-order valence-corrected chi connectivity index (χ2v) is 11.4. The van der Waals surface area contributed by atoms with Crippen LogP contribution >= 0.6 is 0 Å². The van der Waals surface area contributed by atoms with Crippen LogP contribution in [0, 0.1) is 10.1 Å². The molecule has 0 saturated carbocycles. The van der Waals surface area contributed by atoms with E-state index in [9.17, 15) is 24.5 Å². The van der Waals surface area contributed by atoms with Gasteiger partial charge in [-0.3, -0.25) is 29.5 Å². The number of likely N-dealkylation sites (tertiary alicyclic amines) is 1. The molecular weight excluding hydrogens is 592 g/mol. The minimum atomic E-state index is -0.693. The van der Waals surface area contributed by atoms with E-state index in [2.05, 4.69) is 10.2 Å². The number of non-ortho nitro benzene ring substituents is 1. The molecule has 3 N–H and O–H groups in total. The highest BCUT2D eigenvalue weighted by Crippen LogP contribution is 2.39. The van der Waals surface area contributed by atoms with Crippen LogP contribution in [0.25, 0.3) is 0 Å². The predicted octanol–water partition coefficient (Wildman–Crippen LogP) is 2.51. The lowest BCUT2D eigenvalue weighted by molar-refractivity contribution is -0.384. The largest absolute Gasteiger partial charge is 0.468 e. The molecule has 13 nitrogen and oxygen atoms in total. The van der Waals surface area contributed by atoms with E-state index in [0.717, 1.165) is 12.0 Å². The molecule has 2 atom stereocenters. The van der Waals surface area contributed by atoms with Crippen LogP contribution in [-0.2, 0) is 29.3 Å². The highest BCUT2D eigenvalue weighted by Gasteiger charge is 2.44. The molecule has 2 aromatic carbocycles. The Morgan fingerprint density at radius 2 is 1.87 bits per heavy atom. The van der Waals surface area contributed by atoms with Crippen LogP contribution in [0.15, 0.2) is 71.0 Å². The van der Waals surface area contributed by atoms with Gasteiger partial charge in [0.2, 0.25) is 12.8 Å². The first-order chi connectivity index (χ1) is 22.3. The van der Waals surface area contributed by atoms with Crippen LogP contribution in [0.2, 0.25) is 0 Å². The Morgan fingerprint density at radius 1 is 1.17 bits per heavy atom. The molecular formula is C33H42N6O7. The number of nitrogens with one attached hydrogen (secondary N) is 1. The van der Waals surface area contributed by atoms with Crippen molar-refractivity contribution in [1.29, 1.82) is 0 Å². The third-order valence-electron chi connectivity index (χ3n) is 8.82. The van der Waals surface area contributed by atoms with E-state index in [-0.39, 0.29) is 24.9 Å². The van der Waals surface area contributed by atoms with Crippen LogP contribution in [-0.4, -0.2) is 98.3 Å². The molecule has 0 aliphatic carbocycles. The van der Waals surface area contributed by atoms with Crippen molar-refractivity contribution >= 4 is 30.2 Å². The standard InChI is InChI=1S/C33H42N6O7/c1-24-30(35-22-40)29(25-9-11-27(12-10-25)39(43)44)31(28(36-24)21-46-20-15-34)38(23-41)17-6-16-37-18-13-33(14-19-37,32(42)45-2)26-7-4-3-5-8-26/h3-5,7-12,22-23,29-30H,6,13-21,34H2,1-2H3,(H,35,40). The number of nitrogens with zero attached hydrogens (tertiary/aromatic N) is 4. The molecule has 1 fully saturated rings. The van der Waals surface area contributed by atoms with Gasteiger partial charge in [0.25, 0.3) is 5.69 Å². The number of rotatable bonds is 16. The van der Waals surface area contributed by atoms with Crippen molar-refractivity contribution in [1.82, 2.24) is 15.1 Å². The maximum atomic E-state index is 13.0. The number of methoxy groups -OCH3 is 1. The summed E-state index contributed by atoms with van der Waals surface area (Å²) in [6, 6.07) is 15.2. The number of carbonyl (C=O) groups excluding carboxylic acids is 3. The van der Waals surface area contributed by atoms with Gasteiger partial charge in [0.05, 0.1) is 54.0 Å². The monoisotopic (exact) mass is 634 g/mol. The van der Waals surface area contributed by atoms with E-state index >= 15 is 0 Å². The Morgan fingerprint density at radius 3 is 2.46 bits per heavy atom. The van der Waals surface area contributed by atoms with E-state index in [1.807, 2.05) is 30.3 Å². The average Bonchev–Trinajstić information content (AvgIpc) is 3.08. The molecule has 1 saturated heterocycles. The highest BCUT2D eigenvalue weighted by atomic mass is 16.6. The summed E-state index contributed by atoms with van der Waals surface area (Å²) in [7, 11) is 1.42. The van der Waals surface area contributed by atoms with Gasteiger partial charge in [0.1, 0.15) is 0 Å². The number of carbonyl (C=O) groups is 3. The van der Waals surface area contributed by atoms with Gasteiger partial charge in [-0.05, 0) is 56.9 Å². The molecule has 4 rings (SSSR count). The molecule has 246 valence electrons. The number of esters is 1. The minimum Gasteiger partial charge on any atom is -0.468 e. The van der Waals surface area contributed by atoms with Gasteiger partial charge < -0.3 is 30.3 Å². The summed E-state index contributed by atoms with van der Waals surface area (Å²) in [5.41, 5.74) is 8.19. The summed E-state index contributed by atoms with van der Waals surface area (Å²) in [6.07, 6.45) is 3.19. The second-order valence-electron chi connectivity index (χ2n) is 11.4. The Kier molecular flexibility index (Phi) is 12.1. The fourth-order valence-corrected chi connectivity index (χ4v) is 6.48. The lowest BCUT2D eigenvalue weighted by atomic mass is 9.72. The fraction of sp³-hybridized carbons (Fsp3) is 0.455. The van der Waals surface area contributed by atoms with E-state index in [4.69, 9.17) is 20.2 Å². The predicted molar refractivity (Wildman–Crippen MR) is 172 cm³/mol. The average molecular weight is 635 g/mol. The third kappa shape index (κ3) is 7.66. The van der Waals surface area contributed by atoms with Crippen molar-refractivity contribution in [3.05, 3.63) is 87.2 Å². The number of hydrogen-bond acceptors (Lipinski definition) is 10. The number of hydrogen-bond donors (Lipinski definition) is 2. The number of piperidine rings is 1. The van der Waals surface area contributed by atoms with E-state index in [1.165, 1.54) is 19.2 Å².